The number of ether oxygens (including phenoxy) is 1. The average molecular weight is 554 g/mol. The molecule has 0 radical (unpaired) electrons. The molecular weight excluding hydrogens is 504 g/mol. The molecule has 0 unspecified atom stereocenters. The number of fused-ring (bicyclic) bond motifs is 5. The number of alkyl halides is 1. The van der Waals surface area contributed by atoms with Crippen LogP contribution in [0, 0.1) is 58.2 Å². The van der Waals surface area contributed by atoms with Crippen LogP contribution in [0.2, 0.25) is 0 Å². The number of esters is 1. The number of carbonyl (C=O) groups excluding carboxylic acids is 2. The number of halogens is 1. The van der Waals surface area contributed by atoms with E-state index >= 15 is 0 Å². The van der Waals surface area contributed by atoms with E-state index in [-0.39, 0.29) is 45.7 Å². The lowest BCUT2D eigenvalue weighted by Crippen LogP contribution is -2.57. The smallest absolute Gasteiger partial charge is 0.302 e. The Kier molecular flexibility index (Phi) is 7.92. The molecule has 4 fully saturated rings. The highest BCUT2D eigenvalue weighted by Crippen LogP contribution is 2.68. The van der Waals surface area contributed by atoms with Gasteiger partial charge in [0.05, 0.1) is 6.10 Å². The van der Waals surface area contributed by atoms with Gasteiger partial charge in [0.15, 0.2) is 0 Å². The number of aliphatic hydroxyl groups excluding tert-OH is 1. The highest BCUT2D eigenvalue weighted by atomic mass is 79.9. The van der Waals surface area contributed by atoms with Crippen molar-refractivity contribution < 1.29 is 19.4 Å². The summed E-state index contributed by atoms with van der Waals surface area (Å²) in [6, 6.07) is 0. The largest absolute Gasteiger partial charge is 0.463 e. The van der Waals surface area contributed by atoms with Gasteiger partial charge in [-0.3, -0.25) is 9.59 Å². The van der Waals surface area contributed by atoms with E-state index in [1.165, 1.54) is 32.6 Å². The normalized spacial score (nSPS) is 44.6. The number of aliphatic hydroxyl groups is 1. The standard InChI is InChI=1S/C30H49BrO4/c1-16(2)17(3)27(31)28(34)18(4)22-8-9-23-21-15-26(33)25-14-20(35-19(5)32)10-12-30(25,7)24(21)11-13-29(22,23)6/h16-18,20-25,27-28,34H,8-15H2,1-7H3/t17-,18+,20+,21+,22-,23+,24+,25-,27+,28-,29-,30-/m1/s1. The molecule has 5 heteroatoms. The number of ketones is 1. The van der Waals surface area contributed by atoms with Gasteiger partial charge in [-0.05, 0) is 97.2 Å². The molecule has 0 spiro atoms. The maximum atomic E-state index is 13.6. The average Bonchev–Trinajstić information content (AvgIpc) is 3.15. The Hall–Kier alpha value is -0.420. The first-order valence-electron chi connectivity index (χ1n) is 14.3. The van der Waals surface area contributed by atoms with Crippen molar-refractivity contribution in [3.8, 4) is 0 Å². The van der Waals surface area contributed by atoms with Crippen LogP contribution < -0.4 is 0 Å². The van der Waals surface area contributed by atoms with Crippen molar-refractivity contribution >= 4 is 27.7 Å². The topological polar surface area (TPSA) is 63.6 Å². The molecule has 0 saturated heterocycles. The third kappa shape index (κ3) is 4.68. The van der Waals surface area contributed by atoms with Gasteiger partial charge in [0.1, 0.15) is 11.9 Å². The Morgan fingerprint density at radius 3 is 2.29 bits per heavy atom. The molecule has 0 aliphatic heterocycles. The van der Waals surface area contributed by atoms with E-state index in [1.54, 1.807) is 0 Å². The summed E-state index contributed by atoms with van der Waals surface area (Å²) in [7, 11) is 0. The summed E-state index contributed by atoms with van der Waals surface area (Å²) in [6.07, 6.45) is 7.60. The Morgan fingerprint density at radius 2 is 1.66 bits per heavy atom. The van der Waals surface area contributed by atoms with Crippen molar-refractivity contribution in [1.29, 1.82) is 0 Å². The first kappa shape index (κ1) is 27.6. The Labute approximate surface area is 221 Å². The molecule has 4 aliphatic rings. The van der Waals surface area contributed by atoms with E-state index in [0.717, 1.165) is 12.8 Å². The number of carbonyl (C=O) groups is 2. The van der Waals surface area contributed by atoms with Gasteiger partial charge in [0.2, 0.25) is 0 Å². The van der Waals surface area contributed by atoms with E-state index in [0.29, 0.717) is 54.1 Å². The first-order chi connectivity index (χ1) is 16.3. The monoisotopic (exact) mass is 552 g/mol. The van der Waals surface area contributed by atoms with Gasteiger partial charge in [-0.25, -0.2) is 0 Å². The molecule has 0 heterocycles. The zero-order valence-electron chi connectivity index (χ0n) is 23.1. The van der Waals surface area contributed by atoms with E-state index in [9.17, 15) is 14.7 Å². The summed E-state index contributed by atoms with van der Waals surface area (Å²) >= 11 is 3.86. The van der Waals surface area contributed by atoms with Crippen molar-refractivity contribution in [2.75, 3.05) is 0 Å². The van der Waals surface area contributed by atoms with Gasteiger partial charge in [-0.1, -0.05) is 57.5 Å². The lowest BCUT2D eigenvalue weighted by molar-refractivity contribution is -0.169. The van der Waals surface area contributed by atoms with E-state index in [1.807, 2.05) is 0 Å². The zero-order valence-corrected chi connectivity index (χ0v) is 24.6. The van der Waals surface area contributed by atoms with E-state index in [4.69, 9.17) is 4.74 Å². The van der Waals surface area contributed by atoms with Gasteiger partial charge in [0, 0.05) is 24.1 Å². The predicted octanol–water partition coefficient (Wildman–Crippen LogP) is 6.81. The minimum Gasteiger partial charge on any atom is -0.463 e. The summed E-state index contributed by atoms with van der Waals surface area (Å²) in [4.78, 5) is 25.2. The van der Waals surface area contributed by atoms with Crippen LogP contribution >= 0.6 is 15.9 Å². The molecule has 0 aromatic heterocycles. The quantitative estimate of drug-likeness (QED) is 0.290. The molecule has 4 rings (SSSR count). The van der Waals surface area contributed by atoms with E-state index < -0.39 is 0 Å². The van der Waals surface area contributed by atoms with Crippen molar-refractivity contribution in [3.05, 3.63) is 0 Å². The summed E-state index contributed by atoms with van der Waals surface area (Å²) in [5.41, 5.74) is 0.239. The van der Waals surface area contributed by atoms with Gasteiger partial charge in [-0.2, -0.15) is 0 Å². The molecule has 4 saturated carbocycles. The minimum absolute atomic E-state index is 0.0366. The fourth-order valence-electron chi connectivity index (χ4n) is 9.46. The second kappa shape index (κ2) is 10.0. The fourth-order valence-corrected chi connectivity index (χ4v) is 10.5. The van der Waals surface area contributed by atoms with Crippen LogP contribution in [0.3, 0.4) is 0 Å². The van der Waals surface area contributed by atoms with Crippen LogP contribution in [0.15, 0.2) is 0 Å². The highest BCUT2D eigenvalue weighted by molar-refractivity contribution is 9.09. The van der Waals surface area contributed by atoms with Crippen LogP contribution in [-0.4, -0.2) is 33.9 Å². The van der Waals surface area contributed by atoms with Gasteiger partial charge in [-0.15, -0.1) is 0 Å². The molecule has 0 amide bonds. The van der Waals surface area contributed by atoms with Crippen LogP contribution in [-0.2, 0) is 14.3 Å². The van der Waals surface area contributed by atoms with Crippen molar-refractivity contribution in [1.82, 2.24) is 0 Å². The molecule has 0 bridgehead atoms. The minimum atomic E-state index is -0.350. The number of rotatable bonds is 6. The predicted molar refractivity (Wildman–Crippen MR) is 143 cm³/mol. The molecule has 4 nitrogen and oxygen atoms in total. The fraction of sp³-hybridized carbons (Fsp3) is 0.933. The maximum absolute atomic E-state index is 13.6. The number of Topliss-reactive ketones (excluding diaryl/α,β-unsaturated/α-hetero) is 1. The second-order valence-corrected chi connectivity index (χ2v) is 14.8. The molecule has 4 aliphatic carbocycles. The van der Waals surface area contributed by atoms with Crippen molar-refractivity contribution in [3.63, 3.8) is 0 Å². The molecule has 1 N–H and O–H groups in total. The van der Waals surface area contributed by atoms with Crippen LogP contribution in [0.25, 0.3) is 0 Å². The second-order valence-electron chi connectivity index (χ2n) is 13.7. The molecule has 0 aromatic carbocycles. The number of hydrogen-bond acceptors (Lipinski definition) is 4. The lowest BCUT2D eigenvalue weighted by atomic mass is 9.44. The Balaban J connectivity index is 1.52. The van der Waals surface area contributed by atoms with E-state index in [2.05, 4.69) is 57.5 Å². The third-order valence-electron chi connectivity index (χ3n) is 11.9. The van der Waals surface area contributed by atoms with Gasteiger partial charge in [0.25, 0.3) is 0 Å². The molecule has 0 aromatic rings. The zero-order chi connectivity index (χ0) is 25.9. The molecule has 200 valence electrons. The summed E-state index contributed by atoms with van der Waals surface area (Å²) < 4.78 is 5.55. The first-order valence-corrected chi connectivity index (χ1v) is 15.2. The van der Waals surface area contributed by atoms with Crippen LogP contribution in [0.5, 0.6) is 0 Å². The van der Waals surface area contributed by atoms with Crippen LogP contribution in [0.1, 0.15) is 99.8 Å². The Morgan fingerprint density at radius 1 is 1.03 bits per heavy atom. The van der Waals surface area contributed by atoms with Crippen LogP contribution in [0.4, 0.5) is 0 Å². The van der Waals surface area contributed by atoms with Crippen molar-refractivity contribution in [2.45, 2.75) is 117 Å². The van der Waals surface area contributed by atoms with Gasteiger partial charge >= 0.3 is 5.97 Å². The molecular formula is C30H49BrO4. The number of hydrogen-bond donors (Lipinski definition) is 1. The molecule has 35 heavy (non-hydrogen) atoms. The van der Waals surface area contributed by atoms with Gasteiger partial charge < -0.3 is 9.84 Å². The summed E-state index contributed by atoms with van der Waals surface area (Å²) in [5, 5.41) is 11.4. The SMILES string of the molecule is CC(=O)O[C@H]1CC[C@@]2(C)[C@H](C1)C(=O)C[C@@H]1[C@@H]2CC[C@]2(C)[C@@H]([C@H](C)[C@@H](O)[C@@H](Br)[C@H](C)C(C)C)CC[C@@H]12. The summed E-state index contributed by atoms with van der Waals surface area (Å²) in [6.45, 7) is 15.3. The summed E-state index contributed by atoms with van der Waals surface area (Å²) in [5.74, 6) is 3.55. The van der Waals surface area contributed by atoms with Crippen molar-refractivity contribution in [2.24, 2.45) is 58.2 Å². The third-order valence-corrected chi connectivity index (χ3v) is 13.2. The maximum Gasteiger partial charge on any atom is 0.302 e. The Bertz CT molecular complexity index is 812. The lowest BCUT2D eigenvalue weighted by Gasteiger charge is -2.60. The highest BCUT2D eigenvalue weighted by Gasteiger charge is 2.63. The molecule has 12 atom stereocenters.